The summed E-state index contributed by atoms with van der Waals surface area (Å²) in [7, 11) is 0. The fraction of sp³-hybridized carbons (Fsp3) is 0.226. The van der Waals surface area contributed by atoms with Crippen molar-refractivity contribution >= 4 is 45.7 Å². The highest BCUT2D eigenvalue weighted by Gasteiger charge is 2.34. The van der Waals surface area contributed by atoms with Gasteiger partial charge in [0.25, 0.3) is 11.5 Å². The number of carbonyl (C=O) groups excluding carboxylic acids is 1. The standard InChI is InChI=1S/C31H27ClN4O3S/c1-4-35(5-2)30(38)27-19(3)34-31-36(28(27)21-10-13-22(32)14-11-21)29(37)26(40-31)18-24-23-9-7-6-8-20(23)12-15-25(24)39-17-16-33/h6-15,18,28H,4-5,17H2,1-3H3/b26-18-. The Kier molecular flexibility index (Phi) is 7.88. The van der Waals surface area contributed by atoms with Gasteiger partial charge in [-0.25, -0.2) is 4.99 Å². The summed E-state index contributed by atoms with van der Waals surface area (Å²) in [6, 6.07) is 20.1. The number of nitriles is 1. The van der Waals surface area contributed by atoms with E-state index in [2.05, 4.69) is 0 Å². The highest BCUT2D eigenvalue weighted by atomic mass is 35.5. The van der Waals surface area contributed by atoms with E-state index in [-0.39, 0.29) is 18.1 Å². The lowest BCUT2D eigenvalue weighted by Crippen LogP contribution is -2.43. The predicted molar refractivity (Wildman–Crippen MR) is 158 cm³/mol. The number of likely N-dealkylation sites (N-methyl/N-ethyl adjacent to an activating group) is 1. The Morgan fingerprint density at radius 2 is 1.88 bits per heavy atom. The van der Waals surface area contributed by atoms with Gasteiger partial charge >= 0.3 is 0 Å². The average Bonchev–Trinajstić information content (AvgIpc) is 3.26. The van der Waals surface area contributed by atoms with E-state index in [9.17, 15) is 9.59 Å². The highest BCUT2D eigenvalue weighted by Crippen LogP contribution is 2.32. The molecule has 4 aromatic rings. The minimum Gasteiger partial charge on any atom is -0.478 e. The molecular formula is C31H27ClN4O3S. The zero-order valence-corrected chi connectivity index (χ0v) is 23.9. The highest BCUT2D eigenvalue weighted by molar-refractivity contribution is 7.07. The average molecular weight is 571 g/mol. The molecule has 0 N–H and O–H groups in total. The molecule has 1 amide bonds. The van der Waals surface area contributed by atoms with Gasteiger partial charge in [0.15, 0.2) is 11.4 Å². The molecule has 0 saturated carbocycles. The fourth-order valence-electron chi connectivity index (χ4n) is 5.03. The summed E-state index contributed by atoms with van der Waals surface area (Å²) >= 11 is 7.45. The lowest BCUT2D eigenvalue weighted by atomic mass is 9.94. The Balaban J connectivity index is 1.77. The molecule has 40 heavy (non-hydrogen) atoms. The van der Waals surface area contributed by atoms with E-state index in [1.54, 1.807) is 27.7 Å². The number of carbonyl (C=O) groups is 1. The number of halogens is 1. The zero-order valence-electron chi connectivity index (χ0n) is 22.3. The molecule has 202 valence electrons. The molecule has 0 spiro atoms. The van der Waals surface area contributed by atoms with Crippen LogP contribution in [0.2, 0.25) is 5.02 Å². The quantitative estimate of drug-likeness (QED) is 0.319. The van der Waals surface area contributed by atoms with Crippen molar-refractivity contribution < 1.29 is 9.53 Å². The van der Waals surface area contributed by atoms with E-state index in [1.165, 1.54) is 11.3 Å². The largest absolute Gasteiger partial charge is 0.478 e. The summed E-state index contributed by atoms with van der Waals surface area (Å²) in [5.41, 5.74) is 2.25. The topological polar surface area (TPSA) is 87.7 Å². The first kappa shape index (κ1) is 27.4. The summed E-state index contributed by atoms with van der Waals surface area (Å²) in [6.45, 7) is 6.63. The maximum atomic E-state index is 14.1. The molecular weight excluding hydrogens is 544 g/mol. The molecule has 1 atom stereocenters. The Morgan fingerprint density at radius 3 is 2.58 bits per heavy atom. The van der Waals surface area contributed by atoms with Gasteiger partial charge in [0.1, 0.15) is 11.8 Å². The second kappa shape index (κ2) is 11.5. The van der Waals surface area contributed by atoms with Crippen molar-refractivity contribution in [2.75, 3.05) is 19.7 Å². The minimum absolute atomic E-state index is 0.118. The lowest BCUT2D eigenvalue weighted by molar-refractivity contribution is -0.127. The number of fused-ring (bicyclic) bond motifs is 2. The van der Waals surface area contributed by atoms with Crippen LogP contribution in [0.1, 0.15) is 37.9 Å². The van der Waals surface area contributed by atoms with Crippen molar-refractivity contribution in [1.82, 2.24) is 9.47 Å². The number of allylic oxidation sites excluding steroid dienone is 1. The molecule has 0 radical (unpaired) electrons. The number of aromatic nitrogens is 1. The van der Waals surface area contributed by atoms with Gasteiger partial charge in [-0.15, -0.1) is 0 Å². The van der Waals surface area contributed by atoms with E-state index < -0.39 is 6.04 Å². The van der Waals surface area contributed by atoms with Crippen LogP contribution in [0.25, 0.3) is 16.8 Å². The van der Waals surface area contributed by atoms with Gasteiger partial charge in [-0.3, -0.25) is 14.2 Å². The first-order valence-corrected chi connectivity index (χ1v) is 14.2. The Hall–Kier alpha value is -4.19. The molecule has 7 nitrogen and oxygen atoms in total. The van der Waals surface area contributed by atoms with Gasteiger partial charge < -0.3 is 9.64 Å². The van der Waals surface area contributed by atoms with Crippen molar-refractivity contribution in [3.63, 3.8) is 0 Å². The van der Waals surface area contributed by atoms with E-state index in [0.717, 1.165) is 16.3 Å². The number of amides is 1. The van der Waals surface area contributed by atoms with E-state index in [1.807, 2.05) is 75.4 Å². The van der Waals surface area contributed by atoms with E-state index in [0.29, 0.717) is 50.0 Å². The summed E-state index contributed by atoms with van der Waals surface area (Å²) < 4.78 is 7.78. The van der Waals surface area contributed by atoms with Crippen LogP contribution in [0.4, 0.5) is 0 Å². The van der Waals surface area contributed by atoms with Crippen LogP contribution in [0, 0.1) is 11.3 Å². The molecule has 3 aromatic carbocycles. The van der Waals surface area contributed by atoms with Crippen molar-refractivity contribution in [2.45, 2.75) is 26.8 Å². The van der Waals surface area contributed by atoms with Gasteiger partial charge in [-0.1, -0.05) is 65.4 Å². The number of ether oxygens (including phenoxy) is 1. The summed E-state index contributed by atoms with van der Waals surface area (Å²) in [5, 5.41) is 11.5. The first-order chi connectivity index (χ1) is 19.4. The van der Waals surface area contributed by atoms with Crippen LogP contribution < -0.4 is 19.6 Å². The van der Waals surface area contributed by atoms with Gasteiger partial charge in [0.2, 0.25) is 0 Å². The molecule has 0 bridgehead atoms. The summed E-state index contributed by atoms with van der Waals surface area (Å²) in [4.78, 5) is 34.9. The first-order valence-electron chi connectivity index (χ1n) is 13.0. The molecule has 9 heteroatoms. The van der Waals surface area contributed by atoms with Crippen LogP contribution in [-0.4, -0.2) is 35.1 Å². The monoisotopic (exact) mass is 570 g/mol. The number of hydrogen-bond acceptors (Lipinski definition) is 6. The Bertz CT molecular complexity index is 1860. The van der Waals surface area contributed by atoms with Crippen molar-refractivity contribution in [2.24, 2.45) is 4.99 Å². The summed E-state index contributed by atoms with van der Waals surface area (Å²) in [6.07, 6.45) is 1.79. The second-order valence-corrected chi connectivity index (χ2v) is 10.7. The number of hydrogen-bond donors (Lipinski definition) is 0. The van der Waals surface area contributed by atoms with E-state index >= 15 is 0 Å². The van der Waals surface area contributed by atoms with E-state index in [4.69, 9.17) is 26.6 Å². The van der Waals surface area contributed by atoms with Gasteiger partial charge in [0, 0.05) is 23.7 Å². The van der Waals surface area contributed by atoms with Gasteiger partial charge in [-0.05, 0) is 61.4 Å². The number of nitrogens with zero attached hydrogens (tertiary/aromatic N) is 4. The molecule has 2 heterocycles. The lowest BCUT2D eigenvalue weighted by Gasteiger charge is -2.29. The van der Waals surface area contributed by atoms with Crippen molar-refractivity contribution in [3.8, 4) is 11.8 Å². The number of thiazole rings is 1. The Labute approximate surface area is 240 Å². The third-order valence-electron chi connectivity index (χ3n) is 6.99. The fourth-order valence-corrected chi connectivity index (χ4v) is 6.18. The van der Waals surface area contributed by atoms with Crippen LogP contribution in [0.15, 0.2) is 81.7 Å². The SMILES string of the molecule is CCN(CC)C(=O)C1=C(C)N=c2s/c(=C\c3c(OCC#N)ccc4ccccc34)c(=O)n2C1c1ccc(Cl)cc1. The second-order valence-electron chi connectivity index (χ2n) is 9.26. The van der Waals surface area contributed by atoms with Crippen LogP contribution in [-0.2, 0) is 4.79 Å². The van der Waals surface area contributed by atoms with Crippen LogP contribution in [0.5, 0.6) is 5.75 Å². The predicted octanol–water partition coefficient (Wildman–Crippen LogP) is 4.81. The van der Waals surface area contributed by atoms with Crippen LogP contribution >= 0.6 is 22.9 Å². The molecule has 1 aliphatic heterocycles. The van der Waals surface area contributed by atoms with Crippen molar-refractivity contribution in [3.05, 3.63) is 108 Å². The third kappa shape index (κ3) is 4.94. The van der Waals surface area contributed by atoms with Gasteiger partial charge in [-0.2, -0.15) is 5.26 Å². The van der Waals surface area contributed by atoms with Crippen LogP contribution in [0.3, 0.4) is 0 Å². The molecule has 0 fully saturated rings. The van der Waals surface area contributed by atoms with Crippen molar-refractivity contribution in [1.29, 1.82) is 5.26 Å². The minimum atomic E-state index is -0.661. The summed E-state index contributed by atoms with van der Waals surface area (Å²) in [5.74, 6) is 0.357. The molecule has 0 saturated heterocycles. The van der Waals surface area contributed by atoms with Gasteiger partial charge in [0.05, 0.1) is 21.8 Å². The maximum Gasteiger partial charge on any atom is 0.271 e. The molecule has 1 aromatic heterocycles. The molecule has 1 unspecified atom stereocenters. The molecule has 1 aliphatic rings. The molecule has 0 aliphatic carbocycles. The Morgan fingerprint density at radius 1 is 1.15 bits per heavy atom. The number of benzene rings is 3. The number of rotatable bonds is 7. The third-order valence-corrected chi connectivity index (χ3v) is 8.22. The maximum absolute atomic E-state index is 14.1. The smallest absolute Gasteiger partial charge is 0.271 e. The normalized spacial score (nSPS) is 15.0. The zero-order chi connectivity index (χ0) is 28.4. The molecule has 5 rings (SSSR count).